The molecule has 2 aromatic carbocycles. The number of nitrogens with zero attached hydrogens (tertiary/aromatic N) is 1. The molecular weight excluding hydrogens is 201 g/mol. The molecule has 0 spiro atoms. The van der Waals surface area contributed by atoms with Gasteiger partial charge in [0.2, 0.25) is 0 Å². The largest absolute Gasteiger partial charge is 0.256 e. The van der Waals surface area contributed by atoms with Crippen LogP contribution in [-0.2, 0) is 0 Å². The fourth-order valence-corrected chi connectivity index (χ4v) is 1.44. The van der Waals surface area contributed by atoms with Gasteiger partial charge in [0.05, 0.1) is 5.69 Å². The molecule has 0 amide bonds. The quantitative estimate of drug-likeness (QED) is 0.671. The maximum Gasteiger partial charge on any atom is 0.123 e. The molecule has 0 fully saturated rings. The summed E-state index contributed by atoms with van der Waals surface area (Å²) in [5.41, 5.74) is 2.78. The summed E-state index contributed by atoms with van der Waals surface area (Å²) in [4.78, 5) is 4.33. The lowest BCUT2D eigenvalue weighted by Crippen LogP contribution is -1.82. The van der Waals surface area contributed by atoms with Gasteiger partial charge in [0.15, 0.2) is 0 Å². The van der Waals surface area contributed by atoms with E-state index in [9.17, 15) is 4.39 Å². The number of para-hydroxylation sites is 1. The van der Waals surface area contributed by atoms with Crippen LogP contribution in [-0.4, -0.2) is 6.21 Å². The van der Waals surface area contributed by atoms with E-state index in [2.05, 4.69) is 4.99 Å². The van der Waals surface area contributed by atoms with Gasteiger partial charge in [-0.2, -0.15) is 0 Å². The molecule has 2 aromatic rings. The Hall–Kier alpha value is -1.96. The zero-order valence-corrected chi connectivity index (χ0v) is 9.02. The molecule has 1 nitrogen and oxygen atoms in total. The minimum Gasteiger partial charge on any atom is -0.256 e. The van der Waals surface area contributed by atoms with Gasteiger partial charge in [-0.3, -0.25) is 4.99 Å². The van der Waals surface area contributed by atoms with Crippen LogP contribution in [0.25, 0.3) is 0 Å². The predicted octanol–water partition coefficient (Wildman–Crippen LogP) is 3.88. The van der Waals surface area contributed by atoms with Crippen LogP contribution in [0.5, 0.6) is 0 Å². The first-order valence-corrected chi connectivity index (χ1v) is 5.11. The second-order valence-electron chi connectivity index (χ2n) is 3.60. The fourth-order valence-electron chi connectivity index (χ4n) is 1.44. The van der Waals surface area contributed by atoms with Crippen molar-refractivity contribution < 1.29 is 4.39 Å². The van der Waals surface area contributed by atoms with Gasteiger partial charge >= 0.3 is 0 Å². The Morgan fingerprint density at radius 1 is 1.06 bits per heavy atom. The molecule has 0 heterocycles. The normalized spacial score (nSPS) is 10.9. The topological polar surface area (TPSA) is 12.4 Å². The molecule has 2 heteroatoms. The highest BCUT2D eigenvalue weighted by atomic mass is 19.1. The molecule has 0 aliphatic rings. The van der Waals surface area contributed by atoms with E-state index in [1.165, 1.54) is 12.1 Å². The monoisotopic (exact) mass is 213 g/mol. The number of benzene rings is 2. The van der Waals surface area contributed by atoms with Gasteiger partial charge in [0.1, 0.15) is 5.82 Å². The Labute approximate surface area is 94.3 Å². The molecule has 0 aliphatic carbocycles. The van der Waals surface area contributed by atoms with Crippen molar-refractivity contribution in [3.05, 3.63) is 65.5 Å². The zero-order chi connectivity index (χ0) is 11.4. The molecule has 16 heavy (non-hydrogen) atoms. The highest BCUT2D eigenvalue weighted by molar-refractivity contribution is 5.82. The summed E-state index contributed by atoms with van der Waals surface area (Å²) < 4.78 is 12.9. The van der Waals surface area contributed by atoms with Gasteiger partial charge in [-0.15, -0.1) is 0 Å². The summed E-state index contributed by atoms with van der Waals surface area (Å²) >= 11 is 0. The molecular formula is C14H12FN. The van der Waals surface area contributed by atoms with Crippen LogP contribution in [0.3, 0.4) is 0 Å². The van der Waals surface area contributed by atoms with Crippen molar-refractivity contribution in [3.8, 4) is 0 Å². The third kappa shape index (κ3) is 2.54. The molecule has 2 rings (SSSR count). The van der Waals surface area contributed by atoms with Crippen molar-refractivity contribution in [1.29, 1.82) is 0 Å². The number of aliphatic imine (C=N–C) groups is 1. The van der Waals surface area contributed by atoms with Gasteiger partial charge in [0.25, 0.3) is 0 Å². The molecule has 0 atom stereocenters. The number of aryl methyl sites for hydroxylation is 1. The van der Waals surface area contributed by atoms with E-state index in [0.717, 1.165) is 16.8 Å². The average molecular weight is 213 g/mol. The third-order valence-corrected chi connectivity index (χ3v) is 2.32. The summed E-state index contributed by atoms with van der Waals surface area (Å²) in [6.45, 7) is 2.00. The molecule has 0 saturated carbocycles. The number of hydrogen-bond donors (Lipinski definition) is 0. The van der Waals surface area contributed by atoms with Crippen molar-refractivity contribution in [2.45, 2.75) is 6.92 Å². The molecule has 80 valence electrons. The summed E-state index contributed by atoms with van der Waals surface area (Å²) in [5.74, 6) is -0.242. The summed E-state index contributed by atoms with van der Waals surface area (Å²) in [6.07, 6.45) is 1.67. The van der Waals surface area contributed by atoms with Crippen molar-refractivity contribution >= 4 is 11.9 Å². The average Bonchev–Trinajstić information content (AvgIpc) is 2.28. The van der Waals surface area contributed by atoms with Crippen LogP contribution < -0.4 is 0 Å². The first-order chi connectivity index (χ1) is 7.75. The van der Waals surface area contributed by atoms with Gasteiger partial charge in [-0.1, -0.05) is 30.3 Å². The highest BCUT2D eigenvalue weighted by Crippen LogP contribution is 2.16. The Balaban J connectivity index is 2.25. The minimum absolute atomic E-state index is 0.242. The van der Waals surface area contributed by atoms with Crippen molar-refractivity contribution in [2.75, 3.05) is 0 Å². The van der Waals surface area contributed by atoms with Gasteiger partial charge in [-0.25, -0.2) is 4.39 Å². The van der Waals surface area contributed by atoms with Crippen molar-refractivity contribution in [3.63, 3.8) is 0 Å². The molecule has 0 radical (unpaired) electrons. The van der Waals surface area contributed by atoms with Crippen LogP contribution in [0.2, 0.25) is 0 Å². The maximum atomic E-state index is 12.9. The van der Waals surface area contributed by atoms with E-state index in [1.54, 1.807) is 12.3 Å². The third-order valence-electron chi connectivity index (χ3n) is 2.32. The molecule has 0 saturated heterocycles. The van der Waals surface area contributed by atoms with E-state index in [4.69, 9.17) is 0 Å². The first kappa shape index (κ1) is 10.6. The Bertz CT molecular complexity index is 518. The number of halogens is 1. The molecule has 0 N–H and O–H groups in total. The van der Waals surface area contributed by atoms with Crippen LogP contribution in [0.1, 0.15) is 11.1 Å². The Morgan fingerprint density at radius 3 is 2.62 bits per heavy atom. The van der Waals surface area contributed by atoms with Crippen molar-refractivity contribution in [2.24, 2.45) is 4.99 Å². The van der Waals surface area contributed by atoms with E-state index in [0.29, 0.717) is 0 Å². The van der Waals surface area contributed by atoms with E-state index in [1.807, 2.05) is 37.3 Å². The lowest BCUT2D eigenvalue weighted by atomic mass is 10.2. The summed E-state index contributed by atoms with van der Waals surface area (Å²) in [6, 6.07) is 14.2. The summed E-state index contributed by atoms with van der Waals surface area (Å²) in [7, 11) is 0. The second kappa shape index (κ2) is 4.71. The molecule has 0 aromatic heterocycles. The smallest absolute Gasteiger partial charge is 0.123 e. The van der Waals surface area contributed by atoms with Gasteiger partial charge in [-0.05, 0) is 36.2 Å². The van der Waals surface area contributed by atoms with Crippen molar-refractivity contribution in [1.82, 2.24) is 0 Å². The molecule has 0 bridgehead atoms. The van der Waals surface area contributed by atoms with Crippen LogP contribution in [0, 0.1) is 12.7 Å². The number of hydrogen-bond acceptors (Lipinski definition) is 1. The maximum absolute atomic E-state index is 12.9. The SMILES string of the molecule is Cc1ccccc1N=Cc1cccc(F)c1. The predicted molar refractivity (Wildman–Crippen MR) is 64.8 cm³/mol. The van der Waals surface area contributed by atoms with E-state index < -0.39 is 0 Å². The van der Waals surface area contributed by atoms with E-state index >= 15 is 0 Å². The second-order valence-corrected chi connectivity index (χ2v) is 3.60. The molecule has 0 aliphatic heterocycles. The lowest BCUT2D eigenvalue weighted by molar-refractivity contribution is 0.627. The fraction of sp³-hybridized carbons (Fsp3) is 0.0714. The zero-order valence-electron chi connectivity index (χ0n) is 9.02. The summed E-state index contributed by atoms with van der Waals surface area (Å²) in [5, 5.41) is 0. The number of rotatable bonds is 2. The highest BCUT2D eigenvalue weighted by Gasteiger charge is 1.94. The van der Waals surface area contributed by atoms with Gasteiger partial charge in [0, 0.05) is 6.21 Å². The van der Waals surface area contributed by atoms with Crippen LogP contribution in [0.15, 0.2) is 53.5 Å². The standard InChI is InChI=1S/C14H12FN/c1-11-5-2-3-8-14(11)16-10-12-6-4-7-13(15)9-12/h2-10H,1H3. The lowest BCUT2D eigenvalue weighted by Gasteiger charge is -1.98. The Kier molecular flexibility index (Phi) is 3.10. The van der Waals surface area contributed by atoms with Gasteiger partial charge < -0.3 is 0 Å². The Morgan fingerprint density at radius 2 is 1.88 bits per heavy atom. The minimum atomic E-state index is -0.242. The molecule has 0 unspecified atom stereocenters. The van der Waals surface area contributed by atoms with E-state index in [-0.39, 0.29) is 5.82 Å². The van der Waals surface area contributed by atoms with Crippen LogP contribution >= 0.6 is 0 Å². The first-order valence-electron chi connectivity index (χ1n) is 5.11. The van der Waals surface area contributed by atoms with Crippen LogP contribution in [0.4, 0.5) is 10.1 Å².